The summed E-state index contributed by atoms with van der Waals surface area (Å²) >= 11 is 0.836. The number of nitrogens with zero attached hydrogens (tertiary/aromatic N) is 1. The topological polar surface area (TPSA) is 77.8 Å². The van der Waals surface area contributed by atoms with Crippen LogP contribution in [0.15, 0.2) is 53.4 Å². The van der Waals surface area contributed by atoms with Gasteiger partial charge in [0.05, 0.1) is 10.6 Å². The Kier molecular flexibility index (Phi) is 3.60. The number of hydrogen-bond acceptors (Lipinski definition) is 5. The van der Waals surface area contributed by atoms with Crippen LogP contribution in [0.4, 0.5) is 10.5 Å². The molecule has 2 N–H and O–H groups in total. The third kappa shape index (κ3) is 2.56. The van der Waals surface area contributed by atoms with Crippen LogP contribution in [0, 0.1) is 0 Å². The molecule has 1 fully saturated rings. The molecule has 1 aliphatic heterocycles. The number of amides is 2. The monoisotopic (exact) mass is 313 g/mol. The number of anilines is 1. The highest BCUT2D eigenvalue weighted by Crippen LogP contribution is 2.36. The van der Waals surface area contributed by atoms with Gasteiger partial charge in [0.1, 0.15) is 0 Å². The lowest BCUT2D eigenvalue weighted by Crippen LogP contribution is -2.27. The van der Waals surface area contributed by atoms with E-state index in [0.717, 1.165) is 16.7 Å². The minimum atomic E-state index is -0.409. The summed E-state index contributed by atoms with van der Waals surface area (Å²) in [6.45, 7) is 0. The fourth-order valence-electron chi connectivity index (χ4n) is 2.05. The van der Waals surface area contributed by atoms with Crippen LogP contribution < -0.4 is 4.90 Å². The first-order valence-corrected chi connectivity index (χ1v) is 7.23. The summed E-state index contributed by atoms with van der Waals surface area (Å²) in [5.74, 6) is -0.931. The second kappa shape index (κ2) is 5.57. The van der Waals surface area contributed by atoms with Gasteiger partial charge < -0.3 is 10.2 Å². The molecule has 22 heavy (non-hydrogen) atoms. The predicted octanol–water partition coefficient (Wildman–Crippen LogP) is 3.34. The maximum Gasteiger partial charge on any atom is 0.298 e. The van der Waals surface area contributed by atoms with Gasteiger partial charge in [0.25, 0.3) is 11.1 Å². The number of aromatic hydroxyl groups is 2. The lowest BCUT2D eigenvalue weighted by Gasteiger charge is -2.11. The summed E-state index contributed by atoms with van der Waals surface area (Å²) in [7, 11) is 0. The van der Waals surface area contributed by atoms with Crippen molar-refractivity contribution in [3.05, 3.63) is 59.0 Å². The van der Waals surface area contributed by atoms with E-state index in [1.165, 1.54) is 18.2 Å². The standard InChI is InChI=1S/C16H11NO4S/c18-12-7-6-10(8-13(12)19)9-14-15(20)17(16(21)22-14)11-4-2-1-3-5-11/h1-9,18-19H/b14-9+. The Hall–Kier alpha value is -2.73. The molecule has 3 rings (SSSR count). The Balaban J connectivity index is 1.93. The van der Waals surface area contributed by atoms with E-state index in [-0.39, 0.29) is 21.6 Å². The number of para-hydroxylation sites is 1. The van der Waals surface area contributed by atoms with Crippen molar-refractivity contribution < 1.29 is 19.8 Å². The van der Waals surface area contributed by atoms with Crippen molar-refractivity contribution in [1.29, 1.82) is 0 Å². The molecule has 0 spiro atoms. The molecule has 0 aliphatic carbocycles. The molecule has 6 heteroatoms. The molecule has 0 aromatic heterocycles. The Morgan fingerprint density at radius 2 is 1.68 bits per heavy atom. The molecule has 5 nitrogen and oxygen atoms in total. The molecule has 110 valence electrons. The van der Waals surface area contributed by atoms with Gasteiger partial charge in [-0.25, -0.2) is 4.90 Å². The first kappa shape index (κ1) is 14.2. The molecule has 0 bridgehead atoms. The smallest absolute Gasteiger partial charge is 0.298 e. The molecule has 1 saturated heterocycles. The van der Waals surface area contributed by atoms with E-state index in [1.807, 2.05) is 0 Å². The lowest BCUT2D eigenvalue weighted by atomic mass is 10.2. The van der Waals surface area contributed by atoms with Crippen LogP contribution in [-0.2, 0) is 4.79 Å². The van der Waals surface area contributed by atoms with Crippen molar-refractivity contribution in [3.63, 3.8) is 0 Å². The lowest BCUT2D eigenvalue weighted by molar-refractivity contribution is -0.113. The highest BCUT2D eigenvalue weighted by atomic mass is 32.2. The van der Waals surface area contributed by atoms with E-state index in [9.17, 15) is 19.8 Å². The minimum absolute atomic E-state index is 0.241. The summed E-state index contributed by atoms with van der Waals surface area (Å²) < 4.78 is 0. The summed E-state index contributed by atoms with van der Waals surface area (Å²) in [5, 5.41) is 18.4. The van der Waals surface area contributed by atoms with Crippen molar-refractivity contribution >= 4 is 34.7 Å². The highest BCUT2D eigenvalue weighted by Gasteiger charge is 2.36. The predicted molar refractivity (Wildman–Crippen MR) is 84.7 cm³/mol. The van der Waals surface area contributed by atoms with Crippen LogP contribution in [-0.4, -0.2) is 21.4 Å². The molecule has 0 atom stereocenters. The molecule has 1 aliphatic rings. The van der Waals surface area contributed by atoms with Gasteiger partial charge in [0, 0.05) is 0 Å². The number of rotatable bonds is 2. The Morgan fingerprint density at radius 1 is 0.955 bits per heavy atom. The summed E-state index contributed by atoms with van der Waals surface area (Å²) in [5.41, 5.74) is 1.04. The Morgan fingerprint density at radius 3 is 2.36 bits per heavy atom. The highest BCUT2D eigenvalue weighted by molar-refractivity contribution is 8.19. The van der Waals surface area contributed by atoms with Crippen LogP contribution in [0.1, 0.15) is 5.56 Å². The molecule has 0 radical (unpaired) electrons. The second-order valence-corrected chi connectivity index (χ2v) is 5.59. The number of carbonyl (C=O) groups is 2. The van der Waals surface area contributed by atoms with E-state index < -0.39 is 5.91 Å². The van der Waals surface area contributed by atoms with Crippen LogP contribution in [0.25, 0.3) is 6.08 Å². The van der Waals surface area contributed by atoms with Crippen molar-refractivity contribution in [3.8, 4) is 11.5 Å². The number of benzene rings is 2. The second-order valence-electron chi connectivity index (χ2n) is 4.60. The Labute approximate surface area is 130 Å². The van der Waals surface area contributed by atoms with E-state index in [1.54, 1.807) is 36.4 Å². The minimum Gasteiger partial charge on any atom is -0.504 e. The fraction of sp³-hybridized carbons (Fsp3) is 0. The van der Waals surface area contributed by atoms with Crippen LogP contribution in [0.5, 0.6) is 11.5 Å². The number of imide groups is 1. The zero-order valence-electron chi connectivity index (χ0n) is 11.3. The average molecular weight is 313 g/mol. The SMILES string of the molecule is O=C1S/C(=C/c2ccc(O)c(O)c2)C(=O)N1c1ccccc1. The zero-order valence-corrected chi connectivity index (χ0v) is 12.1. The number of phenols is 2. The quantitative estimate of drug-likeness (QED) is 0.657. The van der Waals surface area contributed by atoms with Crippen molar-refractivity contribution in [2.24, 2.45) is 0 Å². The molecule has 2 aromatic rings. The van der Waals surface area contributed by atoms with E-state index >= 15 is 0 Å². The van der Waals surface area contributed by atoms with Crippen LogP contribution in [0.3, 0.4) is 0 Å². The molecular weight excluding hydrogens is 302 g/mol. The number of carbonyl (C=O) groups excluding carboxylic acids is 2. The van der Waals surface area contributed by atoms with Gasteiger partial charge in [0.15, 0.2) is 11.5 Å². The number of thioether (sulfide) groups is 1. The van der Waals surface area contributed by atoms with E-state index in [0.29, 0.717) is 11.3 Å². The van der Waals surface area contributed by atoms with Crippen LogP contribution in [0.2, 0.25) is 0 Å². The third-order valence-corrected chi connectivity index (χ3v) is 3.97. The summed E-state index contributed by atoms with van der Waals surface area (Å²) in [4.78, 5) is 25.8. The maximum absolute atomic E-state index is 12.4. The van der Waals surface area contributed by atoms with Gasteiger partial charge in [-0.3, -0.25) is 9.59 Å². The normalized spacial score (nSPS) is 16.5. The fourth-order valence-corrected chi connectivity index (χ4v) is 2.89. The van der Waals surface area contributed by atoms with E-state index in [4.69, 9.17) is 0 Å². The van der Waals surface area contributed by atoms with Gasteiger partial charge in [0.2, 0.25) is 0 Å². The molecule has 2 aromatic carbocycles. The zero-order chi connectivity index (χ0) is 15.7. The maximum atomic E-state index is 12.4. The van der Waals surface area contributed by atoms with Gasteiger partial charge >= 0.3 is 0 Å². The van der Waals surface area contributed by atoms with Crippen LogP contribution >= 0.6 is 11.8 Å². The van der Waals surface area contributed by atoms with Crippen molar-refractivity contribution in [2.75, 3.05) is 4.90 Å². The molecule has 1 heterocycles. The first-order chi connectivity index (χ1) is 10.6. The molecule has 2 amide bonds. The van der Waals surface area contributed by atoms with Gasteiger partial charge in [-0.15, -0.1) is 0 Å². The average Bonchev–Trinajstić information content (AvgIpc) is 2.78. The van der Waals surface area contributed by atoms with Crippen molar-refractivity contribution in [1.82, 2.24) is 0 Å². The van der Waals surface area contributed by atoms with Gasteiger partial charge in [-0.1, -0.05) is 24.3 Å². The van der Waals surface area contributed by atoms with Crippen molar-refractivity contribution in [2.45, 2.75) is 0 Å². The summed E-state index contributed by atoms with van der Waals surface area (Å²) in [6.07, 6.45) is 1.51. The molecule has 0 saturated carbocycles. The molecular formula is C16H11NO4S. The number of phenolic OH excluding ortho intramolecular Hbond substituents is 2. The van der Waals surface area contributed by atoms with Gasteiger partial charge in [-0.05, 0) is 47.7 Å². The molecule has 0 unspecified atom stereocenters. The Bertz CT molecular complexity index is 786. The first-order valence-electron chi connectivity index (χ1n) is 6.41. The number of hydrogen-bond donors (Lipinski definition) is 2. The largest absolute Gasteiger partial charge is 0.504 e. The van der Waals surface area contributed by atoms with Gasteiger partial charge in [-0.2, -0.15) is 0 Å². The van der Waals surface area contributed by atoms with E-state index in [2.05, 4.69) is 0 Å². The summed E-state index contributed by atoms with van der Waals surface area (Å²) in [6, 6.07) is 12.9. The third-order valence-electron chi connectivity index (χ3n) is 3.11.